The second-order valence-electron chi connectivity index (χ2n) is 4.89. The Morgan fingerprint density at radius 2 is 2.05 bits per heavy atom. The Bertz CT molecular complexity index is 682. The van der Waals surface area contributed by atoms with Gasteiger partial charge in [0.15, 0.2) is 11.0 Å². The highest BCUT2D eigenvalue weighted by molar-refractivity contribution is 6.32. The van der Waals surface area contributed by atoms with E-state index < -0.39 is 17.2 Å². The van der Waals surface area contributed by atoms with E-state index in [1.54, 1.807) is 7.05 Å². The van der Waals surface area contributed by atoms with E-state index >= 15 is 0 Å². The van der Waals surface area contributed by atoms with Crippen molar-refractivity contribution in [1.29, 1.82) is 0 Å². The van der Waals surface area contributed by atoms with Crippen molar-refractivity contribution in [1.82, 2.24) is 9.97 Å². The third kappa shape index (κ3) is 3.42. The number of hydrogen-bond acceptors (Lipinski definition) is 5. The van der Waals surface area contributed by atoms with E-state index in [4.69, 9.17) is 11.6 Å². The standard InChI is InChI=1S/C14H15ClF2N4O/c1-14(22,9-4-3-8(16)5-10(9)17)6-19-13-11(18-2)12(15)20-7-21-13/h3-5,7,18,22H,6H2,1-2H3,(H,19,20,21). The van der Waals surface area contributed by atoms with Gasteiger partial charge in [0.2, 0.25) is 0 Å². The Hall–Kier alpha value is -1.99. The SMILES string of the molecule is CNc1c(Cl)ncnc1NCC(C)(O)c1ccc(F)cc1F. The Morgan fingerprint density at radius 1 is 1.32 bits per heavy atom. The van der Waals surface area contributed by atoms with E-state index in [0.717, 1.165) is 12.1 Å². The minimum atomic E-state index is -1.57. The first-order valence-electron chi connectivity index (χ1n) is 6.45. The van der Waals surface area contributed by atoms with Crippen LogP contribution in [0.1, 0.15) is 12.5 Å². The Labute approximate surface area is 131 Å². The molecule has 2 aromatic rings. The zero-order chi connectivity index (χ0) is 16.3. The highest BCUT2D eigenvalue weighted by atomic mass is 35.5. The van der Waals surface area contributed by atoms with Gasteiger partial charge in [0.05, 0.1) is 0 Å². The maximum atomic E-state index is 13.8. The highest BCUT2D eigenvalue weighted by Gasteiger charge is 2.27. The first kappa shape index (κ1) is 16.4. The average Bonchev–Trinajstić information content (AvgIpc) is 2.44. The number of hydrogen-bond donors (Lipinski definition) is 3. The molecule has 0 aliphatic heterocycles. The van der Waals surface area contributed by atoms with Crippen LogP contribution < -0.4 is 10.6 Å². The highest BCUT2D eigenvalue weighted by Crippen LogP contribution is 2.28. The van der Waals surface area contributed by atoms with Crippen molar-refractivity contribution in [3.63, 3.8) is 0 Å². The minimum Gasteiger partial charge on any atom is -0.383 e. The van der Waals surface area contributed by atoms with Gasteiger partial charge in [-0.05, 0) is 13.0 Å². The molecule has 22 heavy (non-hydrogen) atoms. The zero-order valence-corrected chi connectivity index (χ0v) is 12.7. The molecule has 1 unspecified atom stereocenters. The molecule has 0 aliphatic rings. The van der Waals surface area contributed by atoms with Crippen LogP contribution in [0, 0.1) is 11.6 Å². The van der Waals surface area contributed by atoms with E-state index in [1.807, 2.05) is 0 Å². The van der Waals surface area contributed by atoms with Gasteiger partial charge in [0.1, 0.15) is 29.3 Å². The predicted octanol–water partition coefficient (Wildman–Crippen LogP) is 2.77. The van der Waals surface area contributed by atoms with E-state index in [1.165, 1.54) is 19.3 Å². The molecule has 1 aromatic heterocycles. The van der Waals surface area contributed by atoms with Gasteiger partial charge in [-0.2, -0.15) is 0 Å². The van der Waals surface area contributed by atoms with Gasteiger partial charge in [-0.25, -0.2) is 18.7 Å². The molecule has 5 nitrogen and oxygen atoms in total. The van der Waals surface area contributed by atoms with E-state index in [0.29, 0.717) is 11.5 Å². The Kier molecular flexibility index (Phi) is 4.77. The number of nitrogens with one attached hydrogen (secondary N) is 2. The number of aromatic nitrogens is 2. The molecule has 1 aromatic carbocycles. The maximum absolute atomic E-state index is 13.8. The summed E-state index contributed by atoms with van der Waals surface area (Å²) >= 11 is 5.92. The molecule has 0 saturated heterocycles. The van der Waals surface area contributed by atoms with Crippen molar-refractivity contribution in [2.45, 2.75) is 12.5 Å². The largest absolute Gasteiger partial charge is 0.383 e. The van der Waals surface area contributed by atoms with E-state index in [9.17, 15) is 13.9 Å². The van der Waals surface area contributed by atoms with Crippen LogP contribution in [-0.2, 0) is 5.60 Å². The van der Waals surface area contributed by atoms with Gasteiger partial charge < -0.3 is 15.7 Å². The second-order valence-corrected chi connectivity index (χ2v) is 5.25. The van der Waals surface area contributed by atoms with Crippen LogP contribution in [-0.4, -0.2) is 28.7 Å². The van der Waals surface area contributed by atoms with Gasteiger partial charge in [0, 0.05) is 25.2 Å². The molecule has 3 N–H and O–H groups in total. The van der Waals surface area contributed by atoms with Crippen LogP contribution in [0.2, 0.25) is 5.15 Å². The molecular formula is C14H15ClF2N4O. The molecule has 1 atom stereocenters. The molecule has 118 valence electrons. The van der Waals surface area contributed by atoms with Gasteiger partial charge in [0.25, 0.3) is 0 Å². The van der Waals surface area contributed by atoms with Gasteiger partial charge >= 0.3 is 0 Å². The molecule has 0 aliphatic carbocycles. The van der Waals surface area contributed by atoms with Crippen LogP contribution in [0.15, 0.2) is 24.5 Å². The summed E-state index contributed by atoms with van der Waals surface area (Å²) in [6.45, 7) is 1.36. The van der Waals surface area contributed by atoms with Gasteiger partial charge in [-0.3, -0.25) is 0 Å². The minimum absolute atomic E-state index is 0.0208. The number of anilines is 2. The number of rotatable bonds is 5. The summed E-state index contributed by atoms with van der Waals surface area (Å²) in [5.74, 6) is -1.16. The fourth-order valence-electron chi connectivity index (χ4n) is 2.00. The molecule has 0 fully saturated rings. The molecule has 0 amide bonds. The van der Waals surface area contributed by atoms with E-state index in [2.05, 4.69) is 20.6 Å². The summed E-state index contributed by atoms with van der Waals surface area (Å²) in [7, 11) is 1.65. The summed E-state index contributed by atoms with van der Waals surface area (Å²) in [6.07, 6.45) is 1.26. The average molecular weight is 329 g/mol. The molecule has 0 saturated carbocycles. The molecule has 0 radical (unpaired) electrons. The number of nitrogens with zero attached hydrogens (tertiary/aromatic N) is 2. The number of aliphatic hydroxyl groups is 1. The van der Waals surface area contributed by atoms with Crippen LogP contribution in [0.5, 0.6) is 0 Å². The summed E-state index contributed by atoms with van der Waals surface area (Å²) in [6, 6.07) is 3.02. The number of benzene rings is 1. The number of halogens is 3. The summed E-state index contributed by atoms with van der Waals surface area (Å²) < 4.78 is 26.7. The molecule has 2 rings (SSSR count). The molecule has 1 heterocycles. The van der Waals surface area contributed by atoms with Crippen LogP contribution in [0.3, 0.4) is 0 Å². The lowest BCUT2D eigenvalue weighted by Gasteiger charge is -2.25. The summed E-state index contributed by atoms with van der Waals surface area (Å²) in [4.78, 5) is 7.83. The maximum Gasteiger partial charge on any atom is 0.157 e. The Balaban J connectivity index is 2.21. The van der Waals surface area contributed by atoms with Crippen molar-refractivity contribution in [2.75, 3.05) is 24.2 Å². The summed E-state index contributed by atoms with van der Waals surface area (Å²) in [5, 5.41) is 16.4. The quantitative estimate of drug-likeness (QED) is 0.736. The smallest absolute Gasteiger partial charge is 0.157 e. The van der Waals surface area contributed by atoms with Crippen LogP contribution >= 0.6 is 11.6 Å². The third-order valence-corrected chi connectivity index (χ3v) is 3.45. The molecule has 8 heteroatoms. The fraction of sp³-hybridized carbons (Fsp3) is 0.286. The summed E-state index contributed by atoms with van der Waals surface area (Å²) in [5.41, 5.74) is -1.13. The van der Waals surface area contributed by atoms with Gasteiger partial charge in [-0.15, -0.1) is 0 Å². The first-order valence-corrected chi connectivity index (χ1v) is 6.83. The fourth-order valence-corrected chi connectivity index (χ4v) is 2.22. The monoisotopic (exact) mass is 328 g/mol. The van der Waals surface area contributed by atoms with Crippen LogP contribution in [0.4, 0.5) is 20.3 Å². The van der Waals surface area contributed by atoms with Crippen molar-refractivity contribution in [3.8, 4) is 0 Å². The topological polar surface area (TPSA) is 70.1 Å². The molecular weight excluding hydrogens is 314 g/mol. The molecule has 0 bridgehead atoms. The lowest BCUT2D eigenvalue weighted by Crippen LogP contribution is -2.32. The Morgan fingerprint density at radius 3 is 2.68 bits per heavy atom. The first-order chi connectivity index (χ1) is 10.3. The third-order valence-electron chi connectivity index (χ3n) is 3.16. The second kappa shape index (κ2) is 6.41. The lowest BCUT2D eigenvalue weighted by atomic mass is 9.95. The van der Waals surface area contributed by atoms with Crippen LogP contribution in [0.25, 0.3) is 0 Å². The van der Waals surface area contributed by atoms with Gasteiger partial charge in [-0.1, -0.05) is 17.7 Å². The predicted molar refractivity (Wildman–Crippen MR) is 81.0 cm³/mol. The van der Waals surface area contributed by atoms with Crippen molar-refractivity contribution in [3.05, 3.63) is 46.9 Å². The van der Waals surface area contributed by atoms with Crippen molar-refractivity contribution < 1.29 is 13.9 Å². The van der Waals surface area contributed by atoms with Crippen molar-refractivity contribution >= 4 is 23.1 Å². The molecule has 0 spiro atoms. The van der Waals surface area contributed by atoms with Crippen molar-refractivity contribution in [2.24, 2.45) is 0 Å². The lowest BCUT2D eigenvalue weighted by molar-refractivity contribution is 0.0674. The zero-order valence-electron chi connectivity index (χ0n) is 12.0. The van der Waals surface area contributed by atoms with E-state index in [-0.39, 0.29) is 17.3 Å². The normalized spacial score (nSPS) is 13.5.